The number of fused-ring (bicyclic) bond motifs is 1. The van der Waals surface area contributed by atoms with Gasteiger partial charge in [-0.1, -0.05) is 105 Å². The minimum Gasteiger partial charge on any atom is -0.463 e. The Morgan fingerprint density at radius 1 is 0.551 bits per heavy atom. The van der Waals surface area contributed by atoms with E-state index in [4.69, 9.17) is 37.6 Å². The third-order valence-electron chi connectivity index (χ3n) is 11.1. The van der Waals surface area contributed by atoms with Gasteiger partial charge in [0.1, 0.15) is 36.1 Å². The van der Waals surface area contributed by atoms with Crippen LogP contribution in [0.15, 0.2) is 179 Å². The Labute approximate surface area is 396 Å². The molecule has 1 saturated heterocycles. The van der Waals surface area contributed by atoms with Crippen molar-refractivity contribution in [2.75, 3.05) is 6.61 Å². The Morgan fingerprint density at radius 3 is 1.61 bits per heavy atom. The highest BCUT2D eigenvalue weighted by Gasteiger charge is 2.54. The minimum atomic E-state index is -1.66. The van der Waals surface area contributed by atoms with Crippen LogP contribution in [0.4, 0.5) is 0 Å². The van der Waals surface area contributed by atoms with Gasteiger partial charge in [0.25, 0.3) is 0 Å². The van der Waals surface area contributed by atoms with E-state index in [2.05, 4.69) is 6.92 Å². The zero-order valence-electron chi connectivity index (χ0n) is 37.3. The summed E-state index contributed by atoms with van der Waals surface area (Å²) in [6.07, 6.45) is -3.72. The van der Waals surface area contributed by atoms with E-state index in [-0.39, 0.29) is 55.9 Å². The fourth-order valence-corrected chi connectivity index (χ4v) is 7.54. The van der Waals surface area contributed by atoms with Crippen molar-refractivity contribution in [3.05, 3.63) is 203 Å². The lowest BCUT2D eigenvalue weighted by molar-refractivity contribution is -0.275. The third kappa shape index (κ3) is 11.8. The van der Waals surface area contributed by atoms with Gasteiger partial charge in [-0.25, -0.2) is 19.2 Å². The Morgan fingerprint density at radius 2 is 1.06 bits per heavy atom. The Balaban J connectivity index is 1.14. The number of carbonyl (C=O) groups is 5. The van der Waals surface area contributed by atoms with Crippen LogP contribution in [0.25, 0.3) is 22.1 Å². The molecule has 1 aliphatic heterocycles. The second-order valence-corrected chi connectivity index (χ2v) is 15.9. The fraction of sp³-hybridized carbons (Fsp3) is 0.200. The molecule has 0 amide bonds. The van der Waals surface area contributed by atoms with Gasteiger partial charge in [0.05, 0.1) is 33.2 Å². The van der Waals surface area contributed by atoms with Crippen LogP contribution in [0.3, 0.4) is 0 Å². The molecule has 1 aliphatic rings. The van der Waals surface area contributed by atoms with E-state index in [1.54, 1.807) is 109 Å². The number of esters is 5. The van der Waals surface area contributed by atoms with Crippen LogP contribution in [0.1, 0.15) is 74.0 Å². The molecular formula is C55H46O14. The molecular weight excluding hydrogens is 885 g/mol. The highest BCUT2D eigenvalue weighted by molar-refractivity contribution is 5.92. The van der Waals surface area contributed by atoms with Gasteiger partial charge in [-0.3, -0.25) is 9.59 Å². The first kappa shape index (κ1) is 47.1. The van der Waals surface area contributed by atoms with Crippen LogP contribution in [-0.2, 0) is 28.5 Å². The standard InChI is InChI=1S/C55H46O14/c1-2-3-8-25-46(56)64-40-28-26-35(27-29-40)43-33-62-44-32-41(30-31-42(44)47(43)57)65-55-50(69-54(61)39-23-15-7-16-24-39)49(68-53(60)38-21-13-6-14-22-38)48(67-52(59)37-19-11-5-12-20-37)45(66-55)34-63-51(58)36-17-9-4-10-18-36/h4-7,9-24,26-33,45,48-50,55H,2-3,8,25,34H2,1H3/t45-,48-,49+,50-,55-/m1/s1. The van der Waals surface area contributed by atoms with E-state index in [9.17, 15) is 28.8 Å². The van der Waals surface area contributed by atoms with Crippen molar-refractivity contribution >= 4 is 40.8 Å². The molecule has 0 radical (unpaired) electrons. The van der Waals surface area contributed by atoms with E-state index in [1.165, 1.54) is 60.9 Å². The molecule has 69 heavy (non-hydrogen) atoms. The first-order chi connectivity index (χ1) is 33.6. The largest absolute Gasteiger partial charge is 0.463 e. The Bertz CT molecular complexity index is 2940. The number of hydrogen-bond donors (Lipinski definition) is 0. The highest BCUT2D eigenvalue weighted by atomic mass is 16.7. The summed E-state index contributed by atoms with van der Waals surface area (Å²) in [5, 5.41) is 0.191. The summed E-state index contributed by atoms with van der Waals surface area (Å²) in [5.74, 6) is -3.25. The van der Waals surface area contributed by atoms with Crippen molar-refractivity contribution in [3.8, 4) is 22.6 Å². The zero-order valence-corrected chi connectivity index (χ0v) is 37.3. The summed E-state index contributed by atoms with van der Waals surface area (Å²) in [6.45, 7) is 1.49. The predicted octanol–water partition coefficient (Wildman–Crippen LogP) is 9.58. The van der Waals surface area contributed by atoms with Crippen molar-refractivity contribution in [1.29, 1.82) is 0 Å². The van der Waals surface area contributed by atoms with Crippen LogP contribution in [-0.4, -0.2) is 67.2 Å². The second-order valence-electron chi connectivity index (χ2n) is 15.9. The highest BCUT2D eigenvalue weighted by Crippen LogP contribution is 2.34. The lowest BCUT2D eigenvalue weighted by atomic mass is 9.97. The summed E-state index contributed by atoms with van der Waals surface area (Å²) < 4.78 is 48.5. The summed E-state index contributed by atoms with van der Waals surface area (Å²) in [7, 11) is 0. The third-order valence-corrected chi connectivity index (χ3v) is 11.1. The van der Waals surface area contributed by atoms with Gasteiger partial charge in [-0.05, 0) is 84.8 Å². The number of rotatable bonds is 17. The maximum atomic E-state index is 14.0. The second kappa shape index (κ2) is 22.4. The number of carbonyl (C=O) groups excluding carboxylic acids is 5. The van der Waals surface area contributed by atoms with E-state index in [0.29, 0.717) is 17.7 Å². The maximum Gasteiger partial charge on any atom is 0.338 e. The molecule has 350 valence electrons. The molecule has 0 aliphatic carbocycles. The molecule has 0 bridgehead atoms. The van der Waals surface area contributed by atoms with Gasteiger partial charge >= 0.3 is 29.8 Å². The quantitative estimate of drug-likeness (QED) is 0.0364. The molecule has 6 aromatic carbocycles. The molecule has 1 fully saturated rings. The summed E-state index contributed by atoms with van der Waals surface area (Å²) >= 11 is 0. The van der Waals surface area contributed by atoms with Crippen molar-refractivity contribution in [2.24, 2.45) is 0 Å². The number of unbranched alkanes of at least 4 members (excludes halogenated alkanes) is 2. The van der Waals surface area contributed by atoms with Gasteiger partial charge in [-0.15, -0.1) is 0 Å². The molecule has 7 aromatic rings. The maximum absolute atomic E-state index is 14.0. The Kier molecular flexibility index (Phi) is 15.3. The number of ether oxygens (including phenoxy) is 7. The predicted molar refractivity (Wildman–Crippen MR) is 251 cm³/mol. The van der Waals surface area contributed by atoms with Gasteiger partial charge < -0.3 is 37.6 Å². The lowest BCUT2D eigenvalue weighted by Crippen LogP contribution is -2.63. The van der Waals surface area contributed by atoms with E-state index in [1.807, 2.05) is 0 Å². The SMILES string of the molecule is CCCCCC(=O)Oc1ccc(-c2coc3cc(O[C@@H]4O[C@H](COC(=O)c5ccccc5)[C@@H](OC(=O)c5ccccc5)[C@H](OC(=O)c5ccccc5)[C@H]4OC(=O)c4ccccc4)ccc3c2=O)cc1. The van der Waals surface area contributed by atoms with E-state index >= 15 is 0 Å². The minimum absolute atomic E-state index is 0.0576. The van der Waals surface area contributed by atoms with Gasteiger partial charge in [0, 0.05) is 12.5 Å². The van der Waals surface area contributed by atoms with Crippen molar-refractivity contribution in [3.63, 3.8) is 0 Å². The van der Waals surface area contributed by atoms with E-state index < -0.39 is 61.2 Å². The van der Waals surface area contributed by atoms with Crippen molar-refractivity contribution in [2.45, 2.75) is 63.3 Å². The van der Waals surface area contributed by atoms with Gasteiger partial charge in [0.2, 0.25) is 12.4 Å². The monoisotopic (exact) mass is 930 g/mol. The molecule has 0 spiro atoms. The average Bonchev–Trinajstić information content (AvgIpc) is 3.38. The molecule has 14 nitrogen and oxygen atoms in total. The summed E-state index contributed by atoms with van der Waals surface area (Å²) in [5.41, 5.74) is 1.11. The van der Waals surface area contributed by atoms with Gasteiger partial charge in [0.15, 0.2) is 17.6 Å². The number of hydrogen-bond acceptors (Lipinski definition) is 14. The Hall–Kier alpha value is -8.36. The first-order valence-electron chi connectivity index (χ1n) is 22.3. The normalized spacial score (nSPS) is 17.5. The molecule has 0 unspecified atom stereocenters. The van der Waals surface area contributed by atoms with Crippen LogP contribution < -0.4 is 14.9 Å². The first-order valence-corrected chi connectivity index (χ1v) is 22.3. The van der Waals surface area contributed by atoms with E-state index in [0.717, 1.165) is 19.3 Å². The summed E-state index contributed by atoms with van der Waals surface area (Å²) in [4.78, 5) is 81.4. The smallest absolute Gasteiger partial charge is 0.338 e. The topological polar surface area (TPSA) is 180 Å². The molecule has 5 atom stereocenters. The molecule has 14 heteroatoms. The molecule has 8 rings (SSSR count). The zero-order chi connectivity index (χ0) is 48.1. The van der Waals surface area contributed by atoms with Crippen LogP contribution in [0.5, 0.6) is 11.5 Å². The molecule has 0 N–H and O–H groups in total. The van der Waals surface area contributed by atoms with Gasteiger partial charge in [-0.2, -0.15) is 0 Å². The average molecular weight is 931 g/mol. The van der Waals surface area contributed by atoms with Crippen LogP contribution in [0.2, 0.25) is 0 Å². The van der Waals surface area contributed by atoms with Crippen LogP contribution in [0, 0.1) is 0 Å². The van der Waals surface area contributed by atoms with Crippen LogP contribution >= 0.6 is 0 Å². The number of benzene rings is 6. The molecule has 0 saturated carbocycles. The fourth-order valence-electron chi connectivity index (χ4n) is 7.54. The van der Waals surface area contributed by atoms with Crippen molar-refractivity contribution < 1.29 is 61.5 Å². The molecule has 2 heterocycles. The lowest BCUT2D eigenvalue weighted by Gasteiger charge is -2.44. The molecule has 1 aromatic heterocycles. The summed E-state index contributed by atoms with van der Waals surface area (Å²) in [6, 6.07) is 43.1. The van der Waals surface area contributed by atoms with Crippen molar-refractivity contribution in [1.82, 2.24) is 0 Å².